The molecule has 110 valence electrons. The van der Waals surface area contributed by atoms with Gasteiger partial charge in [-0.15, -0.1) is 0 Å². The van der Waals surface area contributed by atoms with Gasteiger partial charge in [-0.3, -0.25) is 4.40 Å². The zero-order valence-corrected chi connectivity index (χ0v) is 13.2. The van der Waals surface area contributed by atoms with E-state index >= 15 is 0 Å². The highest BCUT2D eigenvalue weighted by molar-refractivity contribution is 7.98. The normalized spacial score (nSPS) is 10.6. The van der Waals surface area contributed by atoms with Gasteiger partial charge in [0.1, 0.15) is 11.8 Å². The molecule has 3 aromatic rings. The Morgan fingerprint density at radius 1 is 1.32 bits per heavy atom. The predicted octanol–water partition coefficient (Wildman–Crippen LogP) is 2.70. The van der Waals surface area contributed by atoms with Crippen LogP contribution in [0.4, 0.5) is 0 Å². The molecular weight excluding hydrogens is 298 g/mol. The van der Waals surface area contributed by atoms with Crippen LogP contribution in [0.3, 0.4) is 0 Å². The highest BCUT2D eigenvalue weighted by Gasteiger charge is 2.16. The van der Waals surface area contributed by atoms with Crippen LogP contribution in [-0.4, -0.2) is 32.7 Å². The van der Waals surface area contributed by atoms with Gasteiger partial charge >= 0.3 is 0 Å². The van der Waals surface area contributed by atoms with Crippen molar-refractivity contribution in [2.24, 2.45) is 0 Å². The van der Waals surface area contributed by atoms with Crippen LogP contribution in [0.5, 0.6) is 5.75 Å². The minimum absolute atomic E-state index is 0.416. The minimum atomic E-state index is 0.416. The number of fused-ring (bicyclic) bond motifs is 1. The summed E-state index contributed by atoms with van der Waals surface area (Å²) < 4.78 is 7.30. The van der Waals surface area contributed by atoms with Crippen molar-refractivity contribution in [3.63, 3.8) is 0 Å². The average Bonchev–Trinajstić information content (AvgIpc) is 2.97. The van der Waals surface area contributed by atoms with E-state index in [9.17, 15) is 5.26 Å². The van der Waals surface area contributed by atoms with Gasteiger partial charge < -0.3 is 4.74 Å². The Bertz CT molecular complexity index is 897. The Balaban J connectivity index is 2.30. The standard InChI is InChI=1S/C15H13N5OS/c1-9-4-5-20-11(8-17-14(20)13(9)21-2)12-10(6-16)7-18-15(19-12)22-3/h4-5,7-8H,1-3H3. The lowest BCUT2D eigenvalue weighted by molar-refractivity contribution is 0.414. The van der Waals surface area contributed by atoms with Crippen molar-refractivity contribution in [2.75, 3.05) is 13.4 Å². The first kappa shape index (κ1) is 14.4. The molecule has 0 amide bonds. The maximum atomic E-state index is 9.31. The van der Waals surface area contributed by atoms with E-state index in [1.54, 1.807) is 19.5 Å². The number of hydrogen-bond acceptors (Lipinski definition) is 6. The highest BCUT2D eigenvalue weighted by Crippen LogP contribution is 2.29. The quantitative estimate of drug-likeness (QED) is 0.547. The molecule has 22 heavy (non-hydrogen) atoms. The van der Waals surface area contributed by atoms with Gasteiger partial charge in [-0.2, -0.15) is 5.26 Å². The molecule has 0 spiro atoms. The second-order valence-corrected chi connectivity index (χ2v) is 5.37. The summed E-state index contributed by atoms with van der Waals surface area (Å²) in [5.74, 6) is 0.714. The summed E-state index contributed by atoms with van der Waals surface area (Å²) in [6.45, 7) is 1.96. The minimum Gasteiger partial charge on any atom is -0.493 e. The van der Waals surface area contributed by atoms with Gasteiger partial charge in [-0.1, -0.05) is 11.8 Å². The molecule has 0 saturated carbocycles. The molecule has 0 aliphatic rings. The highest BCUT2D eigenvalue weighted by atomic mass is 32.2. The SMILES string of the molecule is COc1c(C)ccn2c(-c3nc(SC)ncc3C#N)cnc12. The van der Waals surface area contributed by atoms with Crippen LogP contribution in [0.1, 0.15) is 11.1 Å². The largest absolute Gasteiger partial charge is 0.493 e. The molecule has 0 unspecified atom stereocenters. The maximum Gasteiger partial charge on any atom is 0.187 e. The topological polar surface area (TPSA) is 76.1 Å². The fourth-order valence-electron chi connectivity index (χ4n) is 2.29. The van der Waals surface area contributed by atoms with Crippen molar-refractivity contribution in [1.82, 2.24) is 19.4 Å². The summed E-state index contributed by atoms with van der Waals surface area (Å²) in [5, 5.41) is 9.92. The summed E-state index contributed by atoms with van der Waals surface area (Å²) in [7, 11) is 1.62. The van der Waals surface area contributed by atoms with Gasteiger partial charge in [-0.05, 0) is 24.8 Å². The lowest BCUT2D eigenvalue weighted by atomic mass is 10.2. The van der Waals surface area contributed by atoms with Crippen molar-refractivity contribution in [1.29, 1.82) is 5.26 Å². The Hall–Kier alpha value is -2.59. The number of methoxy groups -OCH3 is 1. The Morgan fingerprint density at radius 2 is 2.14 bits per heavy atom. The van der Waals surface area contributed by atoms with Crippen LogP contribution in [0, 0.1) is 18.3 Å². The first-order valence-corrected chi connectivity index (χ1v) is 7.74. The van der Waals surface area contributed by atoms with Crippen molar-refractivity contribution in [3.8, 4) is 23.2 Å². The van der Waals surface area contributed by atoms with Gasteiger partial charge in [0, 0.05) is 12.4 Å². The third kappa shape index (κ3) is 2.18. The zero-order chi connectivity index (χ0) is 15.7. The van der Waals surface area contributed by atoms with Crippen LogP contribution in [0.25, 0.3) is 17.0 Å². The van der Waals surface area contributed by atoms with Gasteiger partial charge in [0.15, 0.2) is 16.6 Å². The Morgan fingerprint density at radius 3 is 2.82 bits per heavy atom. The van der Waals surface area contributed by atoms with Crippen molar-refractivity contribution in [3.05, 3.63) is 35.8 Å². The van der Waals surface area contributed by atoms with Gasteiger partial charge in [0.05, 0.1) is 24.6 Å². The Kier molecular flexibility index (Phi) is 3.69. The number of nitrogens with zero attached hydrogens (tertiary/aromatic N) is 5. The number of imidazole rings is 1. The molecule has 6 nitrogen and oxygen atoms in total. The number of aryl methyl sites for hydroxylation is 1. The molecule has 0 fully saturated rings. The van der Waals surface area contributed by atoms with Crippen LogP contribution < -0.4 is 4.74 Å². The molecule has 0 aliphatic heterocycles. The molecule has 0 radical (unpaired) electrons. The fourth-order valence-corrected chi connectivity index (χ4v) is 2.63. The Labute approximate surface area is 131 Å². The van der Waals surface area contributed by atoms with Crippen LogP contribution in [0.15, 0.2) is 29.8 Å². The van der Waals surface area contributed by atoms with E-state index in [4.69, 9.17) is 4.74 Å². The molecule has 7 heteroatoms. The second kappa shape index (κ2) is 5.66. The van der Waals surface area contributed by atoms with Crippen LogP contribution in [0.2, 0.25) is 0 Å². The van der Waals surface area contributed by atoms with Crippen molar-refractivity contribution < 1.29 is 4.74 Å². The number of nitriles is 1. The zero-order valence-electron chi connectivity index (χ0n) is 12.4. The summed E-state index contributed by atoms with van der Waals surface area (Å²) in [5.41, 5.74) is 3.42. The van der Waals surface area contributed by atoms with E-state index in [0.717, 1.165) is 11.3 Å². The molecule has 3 heterocycles. The first-order chi connectivity index (χ1) is 10.7. The number of ether oxygens (including phenoxy) is 1. The average molecular weight is 311 g/mol. The number of hydrogen-bond donors (Lipinski definition) is 0. The van der Waals surface area contributed by atoms with E-state index in [0.29, 0.717) is 27.8 Å². The lowest BCUT2D eigenvalue weighted by Crippen LogP contribution is -1.99. The molecule has 0 aromatic carbocycles. The molecule has 3 rings (SSSR count). The smallest absolute Gasteiger partial charge is 0.187 e. The number of pyridine rings is 1. The molecule has 0 bridgehead atoms. The number of thioether (sulfide) groups is 1. The van der Waals surface area contributed by atoms with Gasteiger partial charge in [0.25, 0.3) is 0 Å². The molecular formula is C15H13N5OS. The maximum absolute atomic E-state index is 9.31. The molecule has 3 aromatic heterocycles. The van der Waals surface area contributed by atoms with Crippen LogP contribution in [-0.2, 0) is 0 Å². The summed E-state index contributed by atoms with van der Waals surface area (Å²) in [4.78, 5) is 13.0. The fraction of sp³-hybridized carbons (Fsp3) is 0.200. The second-order valence-electron chi connectivity index (χ2n) is 4.60. The molecule has 0 aliphatic carbocycles. The number of aromatic nitrogens is 4. The molecule has 0 saturated heterocycles. The van der Waals surface area contributed by atoms with Crippen LogP contribution >= 0.6 is 11.8 Å². The molecule has 0 atom stereocenters. The van der Waals surface area contributed by atoms with E-state index in [-0.39, 0.29) is 0 Å². The van der Waals surface area contributed by atoms with Gasteiger partial charge in [0.2, 0.25) is 0 Å². The third-order valence-electron chi connectivity index (χ3n) is 3.35. The molecule has 0 N–H and O–H groups in total. The first-order valence-electron chi connectivity index (χ1n) is 6.51. The summed E-state index contributed by atoms with van der Waals surface area (Å²) in [6, 6.07) is 4.08. The summed E-state index contributed by atoms with van der Waals surface area (Å²) >= 11 is 1.43. The van der Waals surface area contributed by atoms with Crippen molar-refractivity contribution >= 4 is 17.4 Å². The predicted molar refractivity (Wildman–Crippen MR) is 84.0 cm³/mol. The van der Waals surface area contributed by atoms with Gasteiger partial charge in [-0.25, -0.2) is 15.0 Å². The van der Waals surface area contributed by atoms with E-state index in [2.05, 4.69) is 21.0 Å². The number of rotatable bonds is 3. The van der Waals surface area contributed by atoms with Crippen molar-refractivity contribution in [2.45, 2.75) is 12.1 Å². The van der Waals surface area contributed by atoms with E-state index < -0.39 is 0 Å². The monoisotopic (exact) mass is 311 g/mol. The van der Waals surface area contributed by atoms with E-state index in [1.165, 1.54) is 11.8 Å². The summed E-state index contributed by atoms with van der Waals surface area (Å²) in [6.07, 6.45) is 7.03. The third-order valence-corrected chi connectivity index (χ3v) is 3.91. The lowest BCUT2D eigenvalue weighted by Gasteiger charge is -2.08. The van der Waals surface area contributed by atoms with E-state index in [1.807, 2.05) is 29.8 Å².